The third-order valence-electron chi connectivity index (χ3n) is 5.09. The van der Waals surface area contributed by atoms with Gasteiger partial charge in [-0.2, -0.15) is 10.4 Å². The van der Waals surface area contributed by atoms with Gasteiger partial charge < -0.3 is 10.1 Å². The number of nitriles is 1. The van der Waals surface area contributed by atoms with Crippen LogP contribution in [-0.2, 0) is 4.79 Å². The summed E-state index contributed by atoms with van der Waals surface area (Å²) in [4.78, 5) is 17.2. The standard InChI is InChI=1S/C26H20ClN5O2/c1-17-11-23(24(34-2)13-22(17)27)30-26(33)19(14-28)12-20-16-32(21-8-4-3-5-9-21)31-25(20)18-7-6-10-29-15-18/h3-13,15-16H,1-2H3,(H,30,33)/b19-12+. The summed E-state index contributed by atoms with van der Waals surface area (Å²) in [5, 5.41) is 17.7. The Morgan fingerprint density at radius 1 is 1.21 bits per heavy atom. The minimum absolute atomic E-state index is 0.0904. The molecule has 2 aromatic heterocycles. The summed E-state index contributed by atoms with van der Waals surface area (Å²) < 4.78 is 7.02. The number of anilines is 1. The molecule has 8 heteroatoms. The summed E-state index contributed by atoms with van der Waals surface area (Å²) in [5.41, 5.74) is 3.90. The van der Waals surface area contributed by atoms with Crippen molar-refractivity contribution in [2.24, 2.45) is 0 Å². The van der Waals surface area contributed by atoms with Crippen LogP contribution in [0.5, 0.6) is 5.75 Å². The lowest BCUT2D eigenvalue weighted by Crippen LogP contribution is -2.14. The molecule has 4 aromatic rings. The van der Waals surface area contributed by atoms with Crippen molar-refractivity contribution in [3.63, 3.8) is 0 Å². The van der Waals surface area contributed by atoms with Gasteiger partial charge in [0.25, 0.3) is 5.91 Å². The summed E-state index contributed by atoms with van der Waals surface area (Å²) in [6.45, 7) is 1.82. The number of carbonyl (C=O) groups is 1. The maximum Gasteiger partial charge on any atom is 0.266 e. The van der Waals surface area contributed by atoms with Crippen molar-refractivity contribution in [1.82, 2.24) is 14.8 Å². The second-order valence-corrected chi connectivity index (χ2v) is 7.79. The number of methoxy groups -OCH3 is 1. The first-order valence-corrected chi connectivity index (χ1v) is 10.7. The topological polar surface area (TPSA) is 92.8 Å². The van der Waals surface area contributed by atoms with Gasteiger partial charge in [0.15, 0.2) is 0 Å². The molecule has 4 rings (SSSR count). The molecular weight excluding hydrogens is 450 g/mol. The third-order valence-corrected chi connectivity index (χ3v) is 5.50. The number of hydrogen-bond donors (Lipinski definition) is 1. The molecule has 2 heterocycles. The molecular formula is C26H20ClN5O2. The number of carbonyl (C=O) groups excluding carboxylic acids is 1. The molecule has 7 nitrogen and oxygen atoms in total. The number of aryl methyl sites for hydroxylation is 1. The summed E-state index contributed by atoms with van der Waals surface area (Å²) in [7, 11) is 1.48. The minimum Gasteiger partial charge on any atom is -0.495 e. The van der Waals surface area contributed by atoms with Crippen LogP contribution >= 0.6 is 11.6 Å². The molecule has 0 saturated carbocycles. The highest BCUT2D eigenvalue weighted by Crippen LogP contribution is 2.31. The number of benzene rings is 2. The number of nitrogens with one attached hydrogen (secondary N) is 1. The lowest BCUT2D eigenvalue weighted by Gasteiger charge is -2.12. The van der Waals surface area contributed by atoms with Gasteiger partial charge >= 0.3 is 0 Å². The highest BCUT2D eigenvalue weighted by Gasteiger charge is 2.17. The third kappa shape index (κ3) is 4.82. The van der Waals surface area contributed by atoms with Crippen molar-refractivity contribution in [3.05, 3.63) is 94.9 Å². The molecule has 0 aliphatic rings. The molecule has 0 spiro atoms. The Bertz CT molecular complexity index is 1410. The van der Waals surface area contributed by atoms with Crippen LogP contribution in [0, 0.1) is 18.3 Å². The van der Waals surface area contributed by atoms with Crippen molar-refractivity contribution in [2.75, 3.05) is 12.4 Å². The summed E-state index contributed by atoms with van der Waals surface area (Å²) in [5.74, 6) is -0.179. The van der Waals surface area contributed by atoms with E-state index >= 15 is 0 Å². The Kier molecular flexibility index (Phi) is 6.72. The SMILES string of the molecule is COc1cc(Cl)c(C)cc1NC(=O)/C(C#N)=C/c1cn(-c2ccccc2)nc1-c1cccnc1. The van der Waals surface area contributed by atoms with Crippen molar-refractivity contribution in [3.8, 4) is 28.8 Å². The second-order valence-electron chi connectivity index (χ2n) is 7.38. The molecule has 0 radical (unpaired) electrons. The number of pyridine rings is 1. The molecule has 0 fully saturated rings. The summed E-state index contributed by atoms with van der Waals surface area (Å²) >= 11 is 6.16. The number of amides is 1. The van der Waals surface area contributed by atoms with Gasteiger partial charge in [-0.1, -0.05) is 29.8 Å². The molecule has 0 bridgehead atoms. The van der Waals surface area contributed by atoms with Gasteiger partial charge in [-0.15, -0.1) is 0 Å². The molecule has 0 aliphatic heterocycles. The average Bonchev–Trinajstić information content (AvgIpc) is 3.29. The number of aromatic nitrogens is 3. The van der Waals surface area contributed by atoms with E-state index in [1.54, 1.807) is 41.5 Å². The van der Waals surface area contributed by atoms with Crippen molar-refractivity contribution in [2.45, 2.75) is 6.92 Å². The lowest BCUT2D eigenvalue weighted by molar-refractivity contribution is -0.112. The zero-order valence-corrected chi connectivity index (χ0v) is 19.2. The van der Waals surface area contributed by atoms with Crippen molar-refractivity contribution in [1.29, 1.82) is 5.26 Å². The van der Waals surface area contributed by atoms with Crippen LogP contribution < -0.4 is 10.1 Å². The van der Waals surface area contributed by atoms with E-state index in [9.17, 15) is 10.1 Å². The van der Waals surface area contributed by atoms with Gasteiger partial charge in [-0.05, 0) is 48.9 Å². The van der Waals surface area contributed by atoms with Gasteiger partial charge in [0.2, 0.25) is 0 Å². The van der Waals surface area contributed by atoms with Crippen LogP contribution in [0.25, 0.3) is 23.0 Å². The van der Waals surface area contributed by atoms with Gasteiger partial charge in [0, 0.05) is 40.8 Å². The Hall–Kier alpha value is -4.41. The molecule has 0 aliphatic carbocycles. The smallest absolute Gasteiger partial charge is 0.266 e. The molecule has 1 N–H and O–H groups in total. The first-order valence-electron chi connectivity index (χ1n) is 10.3. The van der Waals surface area contributed by atoms with Crippen LogP contribution in [0.4, 0.5) is 5.69 Å². The second kappa shape index (κ2) is 10.0. The highest BCUT2D eigenvalue weighted by molar-refractivity contribution is 6.31. The van der Waals surface area contributed by atoms with Crippen LogP contribution in [0.2, 0.25) is 5.02 Å². The Morgan fingerprint density at radius 3 is 2.68 bits per heavy atom. The number of nitrogens with zero attached hydrogens (tertiary/aromatic N) is 4. The zero-order chi connectivity index (χ0) is 24.1. The van der Waals surface area contributed by atoms with E-state index in [-0.39, 0.29) is 5.57 Å². The van der Waals surface area contributed by atoms with E-state index in [0.29, 0.717) is 27.7 Å². The van der Waals surface area contributed by atoms with E-state index in [1.165, 1.54) is 13.2 Å². The molecule has 0 unspecified atom stereocenters. The van der Waals surface area contributed by atoms with E-state index < -0.39 is 5.91 Å². The lowest BCUT2D eigenvalue weighted by atomic mass is 10.1. The minimum atomic E-state index is -0.577. The van der Waals surface area contributed by atoms with Crippen molar-refractivity contribution < 1.29 is 9.53 Å². The summed E-state index contributed by atoms with van der Waals surface area (Å²) in [6, 6.07) is 18.5. The molecule has 2 aromatic carbocycles. The van der Waals surface area contributed by atoms with E-state index in [1.807, 2.05) is 49.4 Å². The van der Waals surface area contributed by atoms with Gasteiger partial charge in [-0.25, -0.2) is 4.68 Å². The fourth-order valence-corrected chi connectivity index (χ4v) is 3.51. The van der Waals surface area contributed by atoms with Gasteiger partial charge in [0.1, 0.15) is 23.1 Å². The Morgan fingerprint density at radius 2 is 2.00 bits per heavy atom. The zero-order valence-electron chi connectivity index (χ0n) is 18.5. The Labute approximate surface area is 201 Å². The van der Waals surface area contributed by atoms with E-state index in [4.69, 9.17) is 16.3 Å². The van der Waals surface area contributed by atoms with Gasteiger partial charge in [-0.3, -0.25) is 9.78 Å². The monoisotopic (exact) mass is 469 g/mol. The average molecular weight is 470 g/mol. The number of hydrogen-bond acceptors (Lipinski definition) is 5. The predicted molar refractivity (Wildman–Crippen MR) is 132 cm³/mol. The fraction of sp³-hybridized carbons (Fsp3) is 0.0769. The van der Waals surface area contributed by atoms with Crippen LogP contribution in [0.3, 0.4) is 0 Å². The fourth-order valence-electron chi connectivity index (χ4n) is 3.36. The predicted octanol–water partition coefficient (Wildman–Crippen LogP) is 5.45. The van der Waals surface area contributed by atoms with Crippen LogP contribution in [0.1, 0.15) is 11.1 Å². The Balaban J connectivity index is 1.74. The quantitative estimate of drug-likeness (QED) is 0.299. The maximum absolute atomic E-state index is 13.0. The van der Waals surface area contributed by atoms with Gasteiger partial charge in [0.05, 0.1) is 18.5 Å². The number of ether oxygens (including phenoxy) is 1. The van der Waals surface area contributed by atoms with Crippen LogP contribution in [-0.4, -0.2) is 27.8 Å². The molecule has 1 amide bonds. The van der Waals surface area contributed by atoms with E-state index in [2.05, 4.69) is 15.4 Å². The number of rotatable bonds is 6. The normalized spacial score (nSPS) is 11.1. The highest BCUT2D eigenvalue weighted by atomic mass is 35.5. The van der Waals surface area contributed by atoms with Crippen molar-refractivity contribution >= 4 is 29.3 Å². The first kappa shape index (κ1) is 22.8. The molecule has 0 atom stereocenters. The summed E-state index contributed by atoms with van der Waals surface area (Å²) in [6.07, 6.45) is 6.64. The van der Waals surface area contributed by atoms with Crippen LogP contribution in [0.15, 0.2) is 78.8 Å². The number of para-hydroxylation sites is 1. The maximum atomic E-state index is 13.0. The first-order chi connectivity index (χ1) is 16.5. The van der Waals surface area contributed by atoms with E-state index in [0.717, 1.165) is 16.8 Å². The molecule has 34 heavy (non-hydrogen) atoms. The molecule has 168 valence electrons. The number of halogens is 1. The molecule has 0 saturated heterocycles. The largest absolute Gasteiger partial charge is 0.495 e.